The summed E-state index contributed by atoms with van der Waals surface area (Å²) in [5, 5.41) is 0. The molecule has 4 nitrogen and oxygen atoms in total. The molecule has 0 saturated heterocycles. The van der Waals surface area contributed by atoms with Gasteiger partial charge in [0.05, 0.1) is 0 Å². The first kappa shape index (κ1) is 20.2. The Hall–Kier alpha value is 0.170. The first-order valence-corrected chi connectivity index (χ1v) is 8.39. The Bertz CT molecular complexity index is 425. The van der Waals surface area contributed by atoms with E-state index in [1.54, 1.807) is 12.1 Å². The molecule has 1 rings (SSSR count). The molecule has 0 atom stereocenters. The maximum atomic E-state index is 10.9. The van der Waals surface area contributed by atoms with Crippen molar-refractivity contribution in [2.75, 3.05) is 0 Å². The van der Waals surface area contributed by atoms with Crippen molar-refractivity contribution in [1.82, 2.24) is 0 Å². The predicted octanol–water partition coefficient (Wildman–Crippen LogP) is 1.18. The fourth-order valence-corrected chi connectivity index (χ4v) is 2.46. The summed E-state index contributed by atoms with van der Waals surface area (Å²) in [6.45, 7) is 2.19. The van der Waals surface area contributed by atoms with E-state index in [-0.39, 0.29) is 31.0 Å². The maximum absolute atomic E-state index is 10.9. The fraction of sp³-hybridized carbons (Fsp3) is 0.571. The minimum Gasteiger partial charge on any atom is -1.00 e. The predicted molar refractivity (Wildman–Crippen MR) is 77.3 cm³/mol. The van der Waals surface area contributed by atoms with Crippen LogP contribution in [0.3, 0.4) is 0 Å². The summed E-state index contributed by atoms with van der Waals surface area (Å²) < 4.78 is 15.6. The van der Waals surface area contributed by atoms with Crippen LogP contribution in [-0.2, 0) is 11.0 Å². The molecule has 0 saturated carbocycles. The molecule has 0 bridgehead atoms. The summed E-state index contributed by atoms with van der Waals surface area (Å²) >= 11 is 0. The topological polar surface area (TPSA) is 66.8 Å². The summed E-state index contributed by atoms with van der Waals surface area (Å²) in [6, 6.07) is 7.04. The third kappa shape index (κ3) is 9.17. The molecule has 0 aliphatic rings. The van der Waals surface area contributed by atoms with E-state index in [2.05, 4.69) is 6.92 Å². The first-order valence-electron chi connectivity index (χ1n) is 6.86. The van der Waals surface area contributed by atoms with Gasteiger partial charge < -0.3 is 5.95 Å². The Balaban J connectivity index is 0. The van der Waals surface area contributed by atoms with Gasteiger partial charge in [-0.15, -0.1) is 0 Å². The number of para-hydroxylation sites is 1. The van der Waals surface area contributed by atoms with E-state index in [0.29, 0.717) is 5.75 Å². The molecule has 2 N–H and O–H groups in total. The van der Waals surface area contributed by atoms with Crippen molar-refractivity contribution < 1.29 is 49.9 Å². The van der Waals surface area contributed by atoms with Gasteiger partial charge >= 0.3 is 37.4 Å². The molecule has 1 aromatic rings. The number of hydrogen-bond donors (Lipinski definition) is 2. The van der Waals surface area contributed by atoms with Gasteiger partial charge in [0.1, 0.15) is 5.75 Å². The molecule has 110 valence electrons. The molecule has 0 unspecified atom stereocenters. The van der Waals surface area contributed by atoms with E-state index in [1.807, 2.05) is 12.1 Å². The van der Waals surface area contributed by atoms with E-state index in [1.165, 1.54) is 25.7 Å². The summed E-state index contributed by atoms with van der Waals surface area (Å²) in [5.41, 5.74) is 0.862. The Morgan fingerprint density at radius 1 is 1.10 bits per heavy atom. The second-order valence-corrected chi connectivity index (χ2v) is 5.87. The summed E-state index contributed by atoms with van der Waals surface area (Å²) in [4.78, 5) is 17.7. The largest absolute Gasteiger partial charge is 1.00 e. The molecule has 0 radical (unpaired) electrons. The number of phosphoric acid groups is 1. The van der Waals surface area contributed by atoms with Crippen LogP contribution in [-0.4, -0.2) is 9.79 Å². The van der Waals surface area contributed by atoms with E-state index in [4.69, 9.17) is 14.3 Å². The maximum Gasteiger partial charge on any atom is 1.00 e. The van der Waals surface area contributed by atoms with E-state index >= 15 is 0 Å². The number of unbranched alkanes of at least 4 members (excludes halogenated alkanes) is 5. The SMILES string of the molecule is CCCCCCCCc1ccccc1OP(=O)(O)O.[H-].[Na+]. The van der Waals surface area contributed by atoms with Crippen LogP contribution in [0.1, 0.15) is 52.4 Å². The Morgan fingerprint density at radius 3 is 2.35 bits per heavy atom. The van der Waals surface area contributed by atoms with Crippen molar-refractivity contribution >= 4 is 7.82 Å². The van der Waals surface area contributed by atoms with Gasteiger partial charge in [0.25, 0.3) is 0 Å². The van der Waals surface area contributed by atoms with Crippen molar-refractivity contribution in [2.45, 2.75) is 51.9 Å². The van der Waals surface area contributed by atoms with Crippen LogP contribution in [0.25, 0.3) is 0 Å². The molecule has 0 aromatic heterocycles. The van der Waals surface area contributed by atoms with E-state index in [0.717, 1.165) is 24.8 Å². The number of benzene rings is 1. The summed E-state index contributed by atoms with van der Waals surface area (Å²) in [6.07, 6.45) is 7.95. The number of aryl methyl sites for hydroxylation is 1. The molecule has 0 amide bonds. The molecule has 0 aliphatic carbocycles. The normalized spacial score (nSPS) is 10.9. The van der Waals surface area contributed by atoms with Crippen LogP contribution in [0.2, 0.25) is 0 Å². The smallest absolute Gasteiger partial charge is 1.00 e. The zero-order valence-electron chi connectivity index (χ0n) is 13.4. The molecule has 0 spiro atoms. The molecule has 20 heavy (non-hydrogen) atoms. The molecular weight excluding hydrogens is 286 g/mol. The third-order valence-corrected chi connectivity index (χ3v) is 3.42. The van der Waals surface area contributed by atoms with E-state index < -0.39 is 7.82 Å². The number of hydrogen-bond acceptors (Lipinski definition) is 2. The van der Waals surface area contributed by atoms with Gasteiger partial charge in [-0.05, 0) is 24.5 Å². The van der Waals surface area contributed by atoms with Crippen molar-refractivity contribution in [3.05, 3.63) is 29.8 Å². The zero-order chi connectivity index (χ0) is 14.1. The van der Waals surface area contributed by atoms with Gasteiger partial charge in [-0.2, -0.15) is 0 Å². The van der Waals surface area contributed by atoms with Crippen molar-refractivity contribution in [3.8, 4) is 5.75 Å². The van der Waals surface area contributed by atoms with Gasteiger partial charge in [0, 0.05) is 0 Å². The zero-order valence-corrected chi connectivity index (χ0v) is 15.3. The van der Waals surface area contributed by atoms with Crippen LogP contribution in [0, 0.1) is 0 Å². The molecule has 1 aromatic carbocycles. The van der Waals surface area contributed by atoms with Gasteiger partial charge in [0.15, 0.2) is 0 Å². The molecule has 0 heterocycles. The van der Waals surface area contributed by atoms with Gasteiger partial charge in [-0.1, -0.05) is 57.2 Å². The molecular formula is C14H24NaO4P. The third-order valence-electron chi connectivity index (χ3n) is 2.99. The van der Waals surface area contributed by atoms with Crippen LogP contribution in [0.15, 0.2) is 24.3 Å². The van der Waals surface area contributed by atoms with Crippen molar-refractivity contribution in [3.63, 3.8) is 0 Å². The molecule has 0 aliphatic heterocycles. The minimum atomic E-state index is -4.47. The summed E-state index contributed by atoms with van der Waals surface area (Å²) in [5.74, 6) is 0.296. The van der Waals surface area contributed by atoms with Crippen LogP contribution < -0.4 is 34.1 Å². The monoisotopic (exact) mass is 310 g/mol. The van der Waals surface area contributed by atoms with E-state index in [9.17, 15) is 4.57 Å². The quantitative estimate of drug-likeness (QED) is 0.408. The number of phosphoric ester groups is 1. The van der Waals surface area contributed by atoms with Gasteiger partial charge in [-0.3, -0.25) is 9.79 Å². The first-order chi connectivity index (χ1) is 9.03. The van der Waals surface area contributed by atoms with Crippen LogP contribution in [0.5, 0.6) is 5.75 Å². The standard InChI is InChI=1S/C14H23O4P.Na.H/c1-2-3-4-5-6-7-10-13-11-8-9-12-14(13)18-19(15,16)17;;/h8-9,11-12H,2-7,10H2,1H3,(H2,15,16,17);;/q;+1;-1. The second-order valence-electron chi connectivity index (χ2n) is 4.71. The fourth-order valence-electron chi connectivity index (χ4n) is 2.02. The van der Waals surface area contributed by atoms with Crippen LogP contribution in [0.4, 0.5) is 0 Å². The molecule has 0 fully saturated rings. The Kier molecular flexibility index (Phi) is 10.9. The number of rotatable bonds is 9. The average Bonchev–Trinajstić information content (AvgIpc) is 2.33. The van der Waals surface area contributed by atoms with Crippen LogP contribution >= 0.6 is 7.82 Å². The Labute approximate surface area is 145 Å². The summed E-state index contributed by atoms with van der Waals surface area (Å²) in [7, 11) is -4.47. The van der Waals surface area contributed by atoms with Crippen molar-refractivity contribution in [2.24, 2.45) is 0 Å². The Morgan fingerprint density at radius 2 is 1.70 bits per heavy atom. The minimum absolute atomic E-state index is 0. The van der Waals surface area contributed by atoms with Crippen molar-refractivity contribution in [1.29, 1.82) is 0 Å². The average molecular weight is 310 g/mol. The van der Waals surface area contributed by atoms with Gasteiger partial charge in [0.2, 0.25) is 0 Å². The second kappa shape index (κ2) is 10.8. The van der Waals surface area contributed by atoms with Gasteiger partial charge in [-0.25, -0.2) is 4.57 Å². The molecule has 6 heteroatoms.